The van der Waals surface area contributed by atoms with Crippen molar-refractivity contribution in [2.75, 3.05) is 33.4 Å². The molecule has 1 N–H and O–H groups in total. The molecule has 1 saturated carbocycles. The zero-order valence-electron chi connectivity index (χ0n) is 18.3. The summed E-state index contributed by atoms with van der Waals surface area (Å²) in [4.78, 5) is 14.5. The molecule has 1 aliphatic carbocycles. The number of nitrogens with zero attached hydrogens (tertiary/aromatic N) is 1. The van der Waals surface area contributed by atoms with Crippen molar-refractivity contribution in [3.05, 3.63) is 54.1 Å². The van der Waals surface area contributed by atoms with Gasteiger partial charge in [-0.25, -0.2) is 13.1 Å². The van der Waals surface area contributed by atoms with Crippen LogP contribution < -0.4 is 14.2 Å². The third-order valence-corrected chi connectivity index (χ3v) is 7.47. The van der Waals surface area contributed by atoms with Crippen LogP contribution in [0.5, 0.6) is 11.5 Å². The van der Waals surface area contributed by atoms with E-state index in [9.17, 15) is 13.2 Å². The summed E-state index contributed by atoms with van der Waals surface area (Å²) < 4.78 is 38.9. The van der Waals surface area contributed by atoms with Crippen molar-refractivity contribution in [2.24, 2.45) is 5.92 Å². The van der Waals surface area contributed by atoms with Gasteiger partial charge >= 0.3 is 0 Å². The molecule has 0 bridgehead atoms. The van der Waals surface area contributed by atoms with Crippen LogP contribution in [-0.4, -0.2) is 58.5 Å². The molecule has 1 aliphatic heterocycles. The Morgan fingerprint density at radius 1 is 1.03 bits per heavy atom. The lowest BCUT2D eigenvalue weighted by atomic mass is 10.1. The Balaban J connectivity index is 1.17. The Bertz CT molecular complexity index is 1020. The average Bonchev–Trinajstić information content (AvgIpc) is 3.57. The molecular weight excluding hydrogens is 428 g/mol. The van der Waals surface area contributed by atoms with Crippen LogP contribution in [-0.2, 0) is 10.0 Å². The minimum atomic E-state index is -3.55. The van der Waals surface area contributed by atoms with Gasteiger partial charge in [0.25, 0.3) is 0 Å². The number of ether oxygens (including phenoxy) is 2. The van der Waals surface area contributed by atoms with Crippen molar-refractivity contribution in [1.29, 1.82) is 0 Å². The zero-order valence-corrected chi connectivity index (χ0v) is 19.1. The summed E-state index contributed by atoms with van der Waals surface area (Å²) in [5.41, 5.74) is 0.764. The Morgan fingerprint density at radius 2 is 1.72 bits per heavy atom. The third kappa shape index (κ3) is 5.88. The molecule has 2 fully saturated rings. The van der Waals surface area contributed by atoms with Crippen LogP contribution in [0.1, 0.15) is 36.0 Å². The molecule has 8 heteroatoms. The number of benzene rings is 2. The largest absolute Gasteiger partial charge is 0.497 e. The molecule has 2 aliphatic rings. The highest BCUT2D eigenvalue weighted by molar-refractivity contribution is 7.89. The van der Waals surface area contributed by atoms with E-state index < -0.39 is 10.0 Å². The van der Waals surface area contributed by atoms with Crippen molar-refractivity contribution in [3.8, 4) is 11.5 Å². The molecule has 2 aromatic carbocycles. The van der Waals surface area contributed by atoms with Gasteiger partial charge in [-0.1, -0.05) is 0 Å². The number of likely N-dealkylation sites (tertiary alicyclic amines) is 1. The van der Waals surface area contributed by atoms with Crippen LogP contribution in [0, 0.1) is 5.92 Å². The fraction of sp³-hybridized carbons (Fsp3) is 0.458. The minimum absolute atomic E-state index is 0.0976. The third-order valence-electron chi connectivity index (χ3n) is 5.94. The highest BCUT2D eigenvalue weighted by Gasteiger charge is 2.30. The quantitative estimate of drug-likeness (QED) is 0.411. The first-order valence-electron chi connectivity index (χ1n) is 11.1. The van der Waals surface area contributed by atoms with E-state index in [1.807, 2.05) is 24.3 Å². The standard InChI is InChI=1S/C24H30N2O5S/c1-30-21-9-11-23(12-10-21)32(28,29)25-20-13-15-26(17-20)14-2-16-31-22-7-5-19(6-8-22)24(27)18-3-4-18/h5-12,18,20,25H,2-4,13-17H2,1H3. The van der Waals surface area contributed by atoms with Crippen molar-refractivity contribution in [3.63, 3.8) is 0 Å². The summed E-state index contributed by atoms with van der Waals surface area (Å²) >= 11 is 0. The topological polar surface area (TPSA) is 84.9 Å². The zero-order chi connectivity index (χ0) is 22.6. The van der Waals surface area contributed by atoms with Gasteiger partial charge in [0.15, 0.2) is 5.78 Å². The summed E-state index contributed by atoms with van der Waals surface area (Å²) in [6, 6.07) is 13.7. The fourth-order valence-electron chi connectivity index (χ4n) is 3.95. The predicted octanol–water partition coefficient (Wildman–Crippen LogP) is 3.11. The number of carbonyl (C=O) groups excluding carboxylic acids is 1. The van der Waals surface area contributed by atoms with E-state index >= 15 is 0 Å². The second kappa shape index (κ2) is 10.0. The van der Waals surface area contributed by atoms with Gasteiger partial charge in [0.05, 0.1) is 18.6 Å². The molecule has 1 atom stereocenters. The van der Waals surface area contributed by atoms with E-state index in [4.69, 9.17) is 9.47 Å². The fourth-order valence-corrected chi connectivity index (χ4v) is 5.21. The van der Waals surface area contributed by atoms with E-state index in [0.717, 1.165) is 50.1 Å². The number of methoxy groups -OCH3 is 1. The number of hydrogen-bond donors (Lipinski definition) is 1. The lowest BCUT2D eigenvalue weighted by Gasteiger charge is -2.17. The Kier molecular flexibility index (Phi) is 7.13. The van der Waals surface area contributed by atoms with Crippen LogP contribution in [0.3, 0.4) is 0 Å². The Labute approximate surface area is 189 Å². The van der Waals surface area contributed by atoms with E-state index in [1.54, 1.807) is 31.4 Å². The van der Waals surface area contributed by atoms with E-state index in [2.05, 4.69) is 9.62 Å². The van der Waals surface area contributed by atoms with E-state index in [1.165, 1.54) is 0 Å². The number of rotatable bonds is 11. The Morgan fingerprint density at radius 3 is 2.38 bits per heavy atom. The van der Waals surface area contributed by atoms with Gasteiger partial charge in [-0.2, -0.15) is 0 Å². The second-order valence-electron chi connectivity index (χ2n) is 8.45. The molecule has 0 spiro atoms. The number of Topliss-reactive ketones (excluding diaryl/α,β-unsaturated/α-hetero) is 1. The monoisotopic (exact) mass is 458 g/mol. The highest BCUT2D eigenvalue weighted by Crippen LogP contribution is 2.32. The summed E-state index contributed by atoms with van der Waals surface area (Å²) in [5.74, 6) is 1.86. The molecule has 172 valence electrons. The summed E-state index contributed by atoms with van der Waals surface area (Å²) in [6.45, 7) is 2.97. The summed E-state index contributed by atoms with van der Waals surface area (Å²) in [6.07, 6.45) is 3.65. The molecule has 4 rings (SSSR count). The van der Waals surface area contributed by atoms with Gasteiger partial charge in [0, 0.05) is 30.6 Å². The lowest BCUT2D eigenvalue weighted by Crippen LogP contribution is -2.37. The normalized spacial score (nSPS) is 19.1. The summed E-state index contributed by atoms with van der Waals surface area (Å²) in [7, 11) is -2.00. The molecule has 1 saturated heterocycles. The van der Waals surface area contributed by atoms with Gasteiger partial charge in [-0.05, 0) is 80.8 Å². The first kappa shape index (κ1) is 22.8. The first-order valence-corrected chi connectivity index (χ1v) is 12.6. The van der Waals surface area contributed by atoms with Gasteiger partial charge in [-0.15, -0.1) is 0 Å². The van der Waals surface area contributed by atoms with Crippen LogP contribution in [0.15, 0.2) is 53.4 Å². The maximum atomic E-state index is 12.6. The number of sulfonamides is 1. The summed E-state index contributed by atoms with van der Waals surface area (Å²) in [5, 5.41) is 0. The van der Waals surface area contributed by atoms with Crippen LogP contribution in [0.4, 0.5) is 0 Å². The predicted molar refractivity (Wildman–Crippen MR) is 122 cm³/mol. The van der Waals surface area contributed by atoms with E-state index in [0.29, 0.717) is 18.9 Å². The second-order valence-corrected chi connectivity index (χ2v) is 10.2. The van der Waals surface area contributed by atoms with Crippen LogP contribution >= 0.6 is 0 Å². The SMILES string of the molecule is COc1ccc(S(=O)(=O)NC2CCN(CCCOc3ccc(C(=O)C4CC4)cc3)C2)cc1. The van der Waals surface area contributed by atoms with Crippen molar-refractivity contribution < 1.29 is 22.7 Å². The first-order chi connectivity index (χ1) is 15.4. The number of hydrogen-bond acceptors (Lipinski definition) is 6. The molecular formula is C24H30N2O5S. The van der Waals surface area contributed by atoms with Crippen molar-refractivity contribution in [2.45, 2.75) is 36.6 Å². The van der Waals surface area contributed by atoms with Gasteiger partial charge in [0.2, 0.25) is 10.0 Å². The minimum Gasteiger partial charge on any atom is -0.497 e. The molecule has 0 aromatic heterocycles. The van der Waals surface area contributed by atoms with Crippen molar-refractivity contribution >= 4 is 15.8 Å². The number of carbonyl (C=O) groups is 1. The maximum Gasteiger partial charge on any atom is 0.240 e. The molecule has 1 heterocycles. The van der Waals surface area contributed by atoms with E-state index in [-0.39, 0.29) is 22.6 Å². The number of nitrogens with one attached hydrogen (secondary N) is 1. The molecule has 7 nitrogen and oxygen atoms in total. The van der Waals surface area contributed by atoms with Gasteiger partial charge < -0.3 is 14.4 Å². The number of ketones is 1. The molecule has 2 aromatic rings. The van der Waals surface area contributed by atoms with Crippen LogP contribution in [0.25, 0.3) is 0 Å². The highest BCUT2D eigenvalue weighted by atomic mass is 32.2. The van der Waals surface area contributed by atoms with Crippen molar-refractivity contribution in [1.82, 2.24) is 9.62 Å². The van der Waals surface area contributed by atoms with Gasteiger partial charge in [0.1, 0.15) is 11.5 Å². The molecule has 0 radical (unpaired) electrons. The Hall–Kier alpha value is -2.42. The molecule has 32 heavy (non-hydrogen) atoms. The molecule has 1 unspecified atom stereocenters. The smallest absolute Gasteiger partial charge is 0.240 e. The average molecular weight is 459 g/mol. The van der Waals surface area contributed by atoms with Gasteiger partial charge in [-0.3, -0.25) is 4.79 Å². The lowest BCUT2D eigenvalue weighted by molar-refractivity contribution is 0.0967. The van der Waals surface area contributed by atoms with Crippen LogP contribution in [0.2, 0.25) is 0 Å². The maximum absolute atomic E-state index is 12.6. The molecule has 0 amide bonds.